The van der Waals surface area contributed by atoms with Crippen molar-refractivity contribution in [3.63, 3.8) is 0 Å². The molecule has 4 rings (SSSR count). The first-order valence-corrected chi connectivity index (χ1v) is 10.4. The van der Waals surface area contributed by atoms with E-state index in [-0.39, 0.29) is 0 Å². The number of sulfonamides is 1. The van der Waals surface area contributed by atoms with Crippen molar-refractivity contribution in [1.82, 2.24) is 19.2 Å². The molecule has 0 spiro atoms. The fourth-order valence-corrected chi connectivity index (χ4v) is 5.05. The van der Waals surface area contributed by atoms with Gasteiger partial charge < -0.3 is 0 Å². The number of aromatic nitrogens is 2. The Labute approximate surface area is 159 Å². The highest BCUT2D eigenvalue weighted by Crippen LogP contribution is 2.25. The molecule has 1 fully saturated rings. The lowest BCUT2D eigenvalue weighted by atomic mass is 10.2. The van der Waals surface area contributed by atoms with Crippen LogP contribution in [0.2, 0.25) is 0 Å². The maximum absolute atomic E-state index is 13.2. The molecule has 6 nitrogen and oxygen atoms in total. The van der Waals surface area contributed by atoms with Crippen molar-refractivity contribution in [1.29, 1.82) is 0 Å². The monoisotopic (exact) mass is 382 g/mol. The topological polar surface area (TPSA) is 66.4 Å². The number of fused-ring (bicyclic) bond motifs is 1. The molecule has 1 saturated heterocycles. The Morgan fingerprint density at radius 2 is 1.78 bits per heavy atom. The van der Waals surface area contributed by atoms with E-state index < -0.39 is 10.0 Å². The molecule has 3 heterocycles. The Hall–Kier alpha value is -2.35. The van der Waals surface area contributed by atoms with Crippen molar-refractivity contribution in [2.45, 2.75) is 18.4 Å². The molecule has 3 aromatic rings. The highest BCUT2D eigenvalue weighted by molar-refractivity contribution is 7.89. The number of piperazine rings is 1. The summed E-state index contributed by atoms with van der Waals surface area (Å²) >= 11 is 0. The molecule has 0 bridgehead atoms. The first-order valence-electron chi connectivity index (χ1n) is 9.01. The minimum atomic E-state index is -3.56. The van der Waals surface area contributed by atoms with Gasteiger partial charge in [0.1, 0.15) is 4.90 Å². The van der Waals surface area contributed by atoms with Crippen LogP contribution in [0.15, 0.2) is 59.9 Å². The van der Waals surface area contributed by atoms with Crippen molar-refractivity contribution in [2.24, 2.45) is 0 Å². The average molecular weight is 382 g/mol. The van der Waals surface area contributed by atoms with Crippen LogP contribution in [0, 0.1) is 6.92 Å². The van der Waals surface area contributed by atoms with E-state index in [1.165, 1.54) is 5.56 Å². The Balaban J connectivity index is 1.52. The highest BCUT2D eigenvalue weighted by atomic mass is 32.2. The Bertz CT molecular complexity index is 1050. The van der Waals surface area contributed by atoms with E-state index in [2.05, 4.69) is 14.9 Å². The first-order chi connectivity index (χ1) is 13.0. The van der Waals surface area contributed by atoms with Crippen LogP contribution in [0.1, 0.15) is 11.1 Å². The van der Waals surface area contributed by atoms with E-state index in [0.717, 1.165) is 17.5 Å². The predicted molar refractivity (Wildman–Crippen MR) is 105 cm³/mol. The molecule has 0 radical (unpaired) electrons. The lowest BCUT2D eigenvalue weighted by Gasteiger charge is -2.34. The molecule has 1 aromatic carbocycles. The molecule has 0 N–H and O–H groups in total. The van der Waals surface area contributed by atoms with Crippen LogP contribution < -0.4 is 0 Å². The quantitative estimate of drug-likeness (QED) is 0.693. The fourth-order valence-electron chi connectivity index (χ4n) is 3.46. The van der Waals surface area contributed by atoms with Gasteiger partial charge in [0.2, 0.25) is 10.0 Å². The lowest BCUT2D eigenvalue weighted by Crippen LogP contribution is -2.48. The number of aryl methyl sites for hydroxylation is 1. The van der Waals surface area contributed by atoms with Crippen LogP contribution in [0.5, 0.6) is 0 Å². The first kappa shape index (κ1) is 18.0. The summed E-state index contributed by atoms with van der Waals surface area (Å²) in [4.78, 5) is 11.0. The van der Waals surface area contributed by atoms with Gasteiger partial charge in [0, 0.05) is 56.7 Å². The second-order valence-electron chi connectivity index (χ2n) is 6.88. The summed E-state index contributed by atoms with van der Waals surface area (Å²) in [6.45, 7) is 5.14. The second kappa shape index (κ2) is 7.34. The largest absolute Gasteiger partial charge is 0.296 e. The molecule has 0 saturated carbocycles. The van der Waals surface area contributed by atoms with Gasteiger partial charge in [0.25, 0.3) is 0 Å². The predicted octanol–water partition coefficient (Wildman–Crippen LogP) is 2.44. The minimum Gasteiger partial charge on any atom is -0.296 e. The third-order valence-corrected chi connectivity index (χ3v) is 6.85. The number of rotatable bonds is 4. The van der Waals surface area contributed by atoms with Gasteiger partial charge in [-0.25, -0.2) is 8.42 Å². The number of nitrogens with zero attached hydrogens (tertiary/aromatic N) is 4. The zero-order valence-corrected chi connectivity index (χ0v) is 16.1. The Morgan fingerprint density at radius 1 is 1.04 bits per heavy atom. The van der Waals surface area contributed by atoms with Gasteiger partial charge in [-0.05, 0) is 42.3 Å². The van der Waals surface area contributed by atoms with Crippen molar-refractivity contribution < 1.29 is 8.42 Å². The molecule has 0 amide bonds. The zero-order chi connectivity index (χ0) is 18.9. The summed E-state index contributed by atoms with van der Waals surface area (Å²) in [7, 11) is -3.56. The number of para-hydroxylation sites is 1. The summed E-state index contributed by atoms with van der Waals surface area (Å²) in [6, 6.07) is 11.3. The van der Waals surface area contributed by atoms with Crippen LogP contribution in [0.25, 0.3) is 10.9 Å². The molecular weight excluding hydrogens is 360 g/mol. The summed E-state index contributed by atoms with van der Waals surface area (Å²) in [5, 5.41) is 0.854. The fraction of sp³-hybridized carbons (Fsp3) is 0.300. The molecule has 2 aromatic heterocycles. The van der Waals surface area contributed by atoms with Crippen LogP contribution in [0.3, 0.4) is 0 Å². The zero-order valence-electron chi connectivity index (χ0n) is 15.2. The summed E-state index contributed by atoms with van der Waals surface area (Å²) in [5.41, 5.74) is 2.75. The molecular formula is C20H22N4O2S. The normalized spacial score (nSPS) is 16.6. The molecule has 0 unspecified atom stereocenters. The highest BCUT2D eigenvalue weighted by Gasteiger charge is 2.30. The van der Waals surface area contributed by atoms with Crippen LogP contribution in [0.4, 0.5) is 0 Å². The maximum Gasteiger partial charge on any atom is 0.245 e. The van der Waals surface area contributed by atoms with Crippen molar-refractivity contribution in [3.8, 4) is 0 Å². The number of benzene rings is 1. The van der Waals surface area contributed by atoms with Gasteiger partial charge in [-0.2, -0.15) is 4.31 Å². The third kappa shape index (κ3) is 3.71. The SMILES string of the molecule is Cc1cnc2c(S(=O)(=O)N3CCN(Cc4ccncc4)CC3)cccc2c1. The van der Waals surface area contributed by atoms with Gasteiger partial charge in [-0.3, -0.25) is 14.9 Å². The van der Waals surface area contributed by atoms with Gasteiger partial charge in [0.15, 0.2) is 0 Å². The van der Waals surface area contributed by atoms with Crippen molar-refractivity contribution in [2.75, 3.05) is 26.2 Å². The number of pyridine rings is 2. The molecule has 7 heteroatoms. The van der Waals surface area contributed by atoms with E-state index in [4.69, 9.17) is 0 Å². The average Bonchev–Trinajstić information content (AvgIpc) is 2.68. The van der Waals surface area contributed by atoms with E-state index >= 15 is 0 Å². The molecule has 27 heavy (non-hydrogen) atoms. The van der Waals surface area contributed by atoms with E-state index in [9.17, 15) is 8.42 Å². The van der Waals surface area contributed by atoms with Crippen LogP contribution in [-0.2, 0) is 16.6 Å². The van der Waals surface area contributed by atoms with Gasteiger partial charge in [-0.1, -0.05) is 12.1 Å². The number of hydrogen-bond acceptors (Lipinski definition) is 5. The standard InChI is InChI=1S/C20H22N4O2S/c1-16-13-18-3-2-4-19(20(18)22-14-16)27(25,26)24-11-9-23(10-12-24)15-17-5-7-21-8-6-17/h2-8,13-14H,9-12,15H2,1H3. The van der Waals surface area contributed by atoms with Crippen molar-refractivity contribution >= 4 is 20.9 Å². The van der Waals surface area contributed by atoms with E-state index in [0.29, 0.717) is 36.6 Å². The summed E-state index contributed by atoms with van der Waals surface area (Å²) in [6.07, 6.45) is 5.28. The minimum absolute atomic E-state index is 0.294. The van der Waals surface area contributed by atoms with Gasteiger partial charge in [0.05, 0.1) is 5.52 Å². The Morgan fingerprint density at radius 3 is 2.52 bits per heavy atom. The van der Waals surface area contributed by atoms with Gasteiger partial charge >= 0.3 is 0 Å². The summed E-state index contributed by atoms with van der Waals surface area (Å²) < 4.78 is 28.0. The van der Waals surface area contributed by atoms with E-state index in [1.807, 2.05) is 31.2 Å². The Kier molecular flexibility index (Phi) is 4.90. The second-order valence-corrected chi connectivity index (χ2v) is 8.78. The molecule has 0 atom stereocenters. The smallest absolute Gasteiger partial charge is 0.245 e. The van der Waals surface area contributed by atoms with E-state index in [1.54, 1.807) is 35.0 Å². The third-order valence-electron chi connectivity index (χ3n) is 4.92. The molecule has 1 aliphatic heterocycles. The molecule has 0 aliphatic carbocycles. The molecule has 1 aliphatic rings. The van der Waals surface area contributed by atoms with Crippen molar-refractivity contribution in [3.05, 3.63) is 66.1 Å². The lowest BCUT2D eigenvalue weighted by molar-refractivity contribution is 0.181. The van der Waals surface area contributed by atoms with Crippen LogP contribution in [-0.4, -0.2) is 53.8 Å². The number of hydrogen-bond donors (Lipinski definition) is 0. The molecule has 140 valence electrons. The maximum atomic E-state index is 13.2. The van der Waals surface area contributed by atoms with Crippen LogP contribution >= 0.6 is 0 Å². The summed E-state index contributed by atoms with van der Waals surface area (Å²) in [5.74, 6) is 0. The van der Waals surface area contributed by atoms with Gasteiger partial charge in [-0.15, -0.1) is 0 Å².